The van der Waals surface area contributed by atoms with E-state index in [1.807, 2.05) is 70.3 Å². The molecule has 0 radical (unpaired) electrons. The van der Waals surface area contributed by atoms with Crippen LogP contribution in [-0.4, -0.2) is 28.1 Å². The zero-order valence-electron chi connectivity index (χ0n) is 23.2. The molecule has 1 N–H and O–H groups in total. The number of anilines is 1. The van der Waals surface area contributed by atoms with Crippen molar-refractivity contribution in [1.82, 2.24) is 9.97 Å². The number of nitrogens with zero attached hydrogens (tertiary/aromatic N) is 3. The predicted molar refractivity (Wildman–Crippen MR) is 169 cm³/mol. The third-order valence-corrected chi connectivity index (χ3v) is 9.26. The lowest BCUT2D eigenvalue weighted by Crippen LogP contribution is -2.31. The van der Waals surface area contributed by atoms with Crippen LogP contribution in [0, 0.1) is 19.8 Å². The molecule has 0 unspecified atom stereocenters. The summed E-state index contributed by atoms with van der Waals surface area (Å²) in [4.78, 5) is 27.4. The number of pyridine rings is 2. The summed E-state index contributed by atoms with van der Waals surface area (Å²) < 4.78 is 0. The van der Waals surface area contributed by atoms with E-state index in [9.17, 15) is 4.79 Å². The lowest BCUT2D eigenvalue weighted by molar-refractivity contribution is -0.118. The van der Waals surface area contributed by atoms with Gasteiger partial charge in [0.15, 0.2) is 5.65 Å². The van der Waals surface area contributed by atoms with Crippen LogP contribution < -0.4 is 21.2 Å². The molecule has 3 aromatic carbocycles. The average Bonchev–Trinajstić information content (AvgIpc) is 2.95. The molecule has 0 spiro atoms. The Morgan fingerprint density at radius 3 is 2.10 bits per heavy atom. The first-order chi connectivity index (χ1) is 19.4. The smallest absolute Gasteiger partial charge is 0.250 e. The first-order valence-electron chi connectivity index (χ1n) is 13.5. The molecule has 5 rings (SSSR count). The summed E-state index contributed by atoms with van der Waals surface area (Å²) in [5.74, 6) is 0.289. The van der Waals surface area contributed by atoms with Gasteiger partial charge in [0, 0.05) is 22.9 Å². The molecule has 1 atom stereocenters. The Morgan fingerprint density at radius 2 is 1.45 bits per heavy atom. The molecule has 5 aromatic rings. The van der Waals surface area contributed by atoms with Gasteiger partial charge in [0.2, 0.25) is 0 Å². The summed E-state index contributed by atoms with van der Waals surface area (Å²) in [5, 5.41) is 7.70. The summed E-state index contributed by atoms with van der Waals surface area (Å²) in [5.41, 5.74) is 3.65. The molecule has 0 aliphatic heterocycles. The van der Waals surface area contributed by atoms with Crippen LogP contribution in [0.25, 0.3) is 11.0 Å². The molecule has 0 fully saturated rings. The fourth-order valence-corrected chi connectivity index (χ4v) is 7.21. The van der Waals surface area contributed by atoms with Crippen molar-refractivity contribution in [3.05, 3.63) is 120 Å². The van der Waals surface area contributed by atoms with Crippen LogP contribution in [-0.2, 0) is 4.79 Å². The second kappa shape index (κ2) is 12.3. The third-order valence-electron chi connectivity index (χ3n) is 6.74. The molecule has 2 heterocycles. The fourth-order valence-electron chi connectivity index (χ4n) is 4.79. The van der Waals surface area contributed by atoms with Crippen LogP contribution in [0.5, 0.6) is 0 Å². The fraction of sp³-hybridized carbons (Fsp3) is 0.176. The van der Waals surface area contributed by atoms with Crippen LogP contribution in [0.3, 0.4) is 0 Å². The van der Waals surface area contributed by atoms with E-state index in [-0.39, 0.29) is 11.8 Å². The van der Waals surface area contributed by atoms with Gasteiger partial charge in [0.05, 0.1) is 0 Å². The summed E-state index contributed by atoms with van der Waals surface area (Å²) in [6.07, 6.45) is 1.86. The number of rotatable bonds is 8. The highest BCUT2D eigenvalue weighted by Crippen LogP contribution is 2.33. The van der Waals surface area contributed by atoms with Crippen molar-refractivity contribution >= 4 is 52.8 Å². The zero-order chi connectivity index (χ0) is 28.1. The van der Waals surface area contributed by atoms with Gasteiger partial charge < -0.3 is 5.32 Å². The summed E-state index contributed by atoms with van der Waals surface area (Å²) in [7, 11) is -0.799. The van der Waals surface area contributed by atoms with Crippen molar-refractivity contribution in [2.24, 2.45) is 10.9 Å². The lowest BCUT2D eigenvalue weighted by atomic mass is 10.0. The number of fused-ring (bicyclic) bond motifs is 1. The molecule has 2 aromatic heterocycles. The van der Waals surface area contributed by atoms with Crippen molar-refractivity contribution in [3.8, 4) is 0 Å². The van der Waals surface area contributed by atoms with Crippen molar-refractivity contribution in [2.75, 3.05) is 5.32 Å². The van der Waals surface area contributed by atoms with Crippen molar-refractivity contribution < 1.29 is 4.79 Å². The molecule has 0 saturated carbocycles. The highest BCUT2D eigenvalue weighted by Gasteiger charge is 2.23. The van der Waals surface area contributed by atoms with Gasteiger partial charge in [-0.05, 0) is 67.4 Å². The molecule has 0 aliphatic rings. The lowest BCUT2D eigenvalue weighted by Gasteiger charge is -2.21. The highest BCUT2D eigenvalue weighted by atomic mass is 31.1. The van der Waals surface area contributed by atoms with Crippen molar-refractivity contribution in [1.29, 1.82) is 0 Å². The molecule has 200 valence electrons. The summed E-state index contributed by atoms with van der Waals surface area (Å²) >= 11 is 0. The maximum absolute atomic E-state index is 13.4. The Kier molecular flexibility index (Phi) is 8.42. The largest absolute Gasteiger partial charge is 0.309 e. The van der Waals surface area contributed by atoms with Crippen LogP contribution in [0.4, 0.5) is 5.82 Å². The number of nitrogens with one attached hydrogen (secondary N) is 1. The minimum Gasteiger partial charge on any atom is -0.309 e. The number of hydrogen-bond donors (Lipinski definition) is 1. The van der Waals surface area contributed by atoms with Gasteiger partial charge in [-0.2, -0.15) is 0 Å². The molecular formula is C34H33N4OP. The zero-order valence-corrected chi connectivity index (χ0v) is 24.1. The van der Waals surface area contributed by atoms with E-state index in [1.165, 1.54) is 15.9 Å². The topological polar surface area (TPSA) is 67.2 Å². The first-order valence-corrected chi connectivity index (χ1v) is 14.8. The Bertz CT molecular complexity index is 1610. The third kappa shape index (κ3) is 6.16. The molecule has 0 aliphatic carbocycles. The van der Waals surface area contributed by atoms with E-state index in [0.29, 0.717) is 11.5 Å². The Morgan fingerprint density at radius 1 is 0.825 bits per heavy atom. The number of hydrogen-bond acceptors (Lipinski definition) is 4. The molecule has 5 nitrogen and oxygen atoms in total. The predicted octanol–water partition coefficient (Wildman–Crippen LogP) is 6.09. The second-order valence-corrected chi connectivity index (χ2v) is 12.4. The van der Waals surface area contributed by atoms with Gasteiger partial charge in [-0.25, -0.2) is 9.97 Å². The van der Waals surface area contributed by atoms with Gasteiger partial charge in [-0.3, -0.25) is 9.79 Å². The Balaban J connectivity index is 1.45. The number of carbonyl (C=O) groups excluding carboxylic acids is 1. The summed E-state index contributed by atoms with van der Waals surface area (Å²) in [6.45, 7) is 8.01. The van der Waals surface area contributed by atoms with E-state index >= 15 is 0 Å². The average molecular weight is 545 g/mol. The number of amides is 1. The first kappa shape index (κ1) is 27.4. The van der Waals surface area contributed by atoms with Gasteiger partial charge >= 0.3 is 0 Å². The SMILES string of the molecule is Cc1cc(C)c2ccc(NC(=O)[C@@H](N=Cc3ccccc3P(c3ccccc3)c3ccccc3)C(C)C)nc2n1. The normalized spacial score (nSPS) is 12.3. The maximum Gasteiger partial charge on any atom is 0.250 e. The number of aromatic nitrogens is 2. The van der Waals surface area contributed by atoms with Gasteiger partial charge in [-0.1, -0.05) is 98.8 Å². The van der Waals surface area contributed by atoms with Crippen molar-refractivity contribution in [2.45, 2.75) is 33.7 Å². The molecule has 40 heavy (non-hydrogen) atoms. The highest BCUT2D eigenvalue weighted by molar-refractivity contribution is 7.80. The van der Waals surface area contributed by atoms with E-state index in [0.717, 1.165) is 22.2 Å². The molecule has 1 amide bonds. The number of aliphatic imine (C=N–C) groups is 1. The minimum absolute atomic E-state index is 0.00348. The Labute approximate surface area is 237 Å². The van der Waals surface area contributed by atoms with E-state index in [4.69, 9.17) is 4.99 Å². The second-order valence-electron chi connectivity index (χ2n) is 10.2. The monoisotopic (exact) mass is 544 g/mol. The van der Waals surface area contributed by atoms with E-state index < -0.39 is 14.0 Å². The van der Waals surface area contributed by atoms with E-state index in [2.05, 4.69) is 82.0 Å². The van der Waals surface area contributed by atoms with E-state index in [1.54, 1.807) is 0 Å². The quantitative estimate of drug-likeness (QED) is 0.190. The van der Waals surface area contributed by atoms with Crippen molar-refractivity contribution in [3.63, 3.8) is 0 Å². The Hall–Kier alpha value is -4.21. The molecule has 0 bridgehead atoms. The standard InChI is InChI=1S/C34H33N4OP/c1-23(2)32(34(39)38-31-20-19-29-24(3)21-25(4)36-33(29)37-31)35-22-26-13-11-12-18-30(26)40(27-14-7-5-8-15-27)28-16-9-6-10-17-28/h5-23,32H,1-4H3,(H,36,37,38,39)/t32-/m0/s1. The minimum atomic E-state index is -0.799. The maximum atomic E-state index is 13.4. The van der Waals surface area contributed by atoms with Crippen LogP contribution >= 0.6 is 7.92 Å². The summed E-state index contributed by atoms with van der Waals surface area (Å²) in [6, 6.07) is 34.8. The molecule has 0 saturated heterocycles. The van der Waals surface area contributed by atoms with Crippen LogP contribution in [0.2, 0.25) is 0 Å². The van der Waals surface area contributed by atoms with Crippen LogP contribution in [0.1, 0.15) is 30.7 Å². The number of carbonyl (C=O) groups is 1. The van der Waals surface area contributed by atoms with Crippen LogP contribution in [0.15, 0.2) is 108 Å². The van der Waals surface area contributed by atoms with Gasteiger partial charge in [0.1, 0.15) is 11.9 Å². The van der Waals surface area contributed by atoms with Gasteiger partial charge in [0.25, 0.3) is 5.91 Å². The van der Waals surface area contributed by atoms with Gasteiger partial charge in [-0.15, -0.1) is 0 Å². The number of benzene rings is 3. The molecular weight excluding hydrogens is 511 g/mol. The molecule has 6 heteroatoms. The number of aryl methyl sites for hydroxylation is 2.